The first-order valence-corrected chi connectivity index (χ1v) is 11.7. The van der Waals surface area contributed by atoms with Crippen LogP contribution in [0.4, 0.5) is 0 Å². The Balaban J connectivity index is 1.58. The quantitative estimate of drug-likeness (QED) is 0.482. The number of nitrogens with one attached hydrogen (secondary N) is 3. The van der Waals surface area contributed by atoms with Crippen LogP contribution in [0.5, 0.6) is 0 Å². The highest BCUT2D eigenvalue weighted by Gasteiger charge is 2.24. The Morgan fingerprint density at radius 2 is 2.03 bits per heavy atom. The molecule has 0 bridgehead atoms. The van der Waals surface area contributed by atoms with Crippen LogP contribution in [0, 0.1) is 0 Å². The highest BCUT2D eigenvalue weighted by Crippen LogP contribution is 2.16. The molecule has 2 aliphatic rings. The number of hydroxylamine groups is 1. The molecule has 160 valence electrons. The van der Waals surface area contributed by atoms with Gasteiger partial charge in [-0.3, -0.25) is 14.7 Å². The van der Waals surface area contributed by atoms with Crippen LogP contribution in [0.1, 0.15) is 37.3 Å². The maximum absolute atomic E-state index is 12.6. The molecule has 2 aliphatic heterocycles. The minimum atomic E-state index is -1.41. The Morgan fingerprint density at radius 1 is 1.31 bits per heavy atom. The molecule has 3 N–H and O–H groups in total. The molecule has 1 aromatic rings. The Bertz CT molecular complexity index is 734. The van der Waals surface area contributed by atoms with Crippen LogP contribution >= 0.6 is 0 Å². The first-order valence-electron chi connectivity index (χ1n) is 10.2. The Hall–Kier alpha value is -1.81. The van der Waals surface area contributed by atoms with E-state index < -0.39 is 11.1 Å². The van der Waals surface area contributed by atoms with E-state index in [4.69, 9.17) is 4.28 Å². The summed E-state index contributed by atoms with van der Waals surface area (Å²) >= 11 is -1.41. The number of aliphatic imine (C=N–C) groups is 1. The fourth-order valence-electron chi connectivity index (χ4n) is 3.65. The number of carbonyl (C=O) groups excluding carboxylic acids is 1. The Morgan fingerprint density at radius 3 is 2.66 bits per heavy atom. The molecule has 1 fully saturated rings. The van der Waals surface area contributed by atoms with Crippen LogP contribution in [-0.2, 0) is 26.6 Å². The van der Waals surface area contributed by atoms with E-state index in [-0.39, 0.29) is 24.5 Å². The lowest BCUT2D eigenvalue weighted by Gasteiger charge is -2.29. The molecule has 9 heteroatoms. The van der Waals surface area contributed by atoms with Crippen molar-refractivity contribution in [2.45, 2.75) is 44.8 Å². The lowest BCUT2D eigenvalue weighted by Crippen LogP contribution is -2.49. The maximum atomic E-state index is 12.6. The number of nitrogens with zero attached hydrogens (tertiary/aromatic N) is 2. The summed E-state index contributed by atoms with van der Waals surface area (Å²) in [6.07, 6.45) is 4.72. The van der Waals surface area contributed by atoms with Gasteiger partial charge in [-0.2, -0.15) is 5.48 Å². The first-order chi connectivity index (χ1) is 14.0. The number of rotatable bonds is 10. The van der Waals surface area contributed by atoms with Gasteiger partial charge in [-0.15, -0.1) is 0 Å². The average molecular weight is 422 g/mol. The molecular formula is C20H31N5O3S. The van der Waals surface area contributed by atoms with Crippen LogP contribution < -0.4 is 16.1 Å². The Kier molecular flexibility index (Phi) is 8.17. The summed E-state index contributed by atoms with van der Waals surface area (Å²) in [5, 5.41) is 6.46. The van der Waals surface area contributed by atoms with Crippen LogP contribution in [0.2, 0.25) is 0 Å². The van der Waals surface area contributed by atoms with Gasteiger partial charge in [0.25, 0.3) is 0 Å². The zero-order valence-corrected chi connectivity index (χ0v) is 18.0. The third kappa shape index (κ3) is 6.88. The molecule has 0 spiro atoms. The van der Waals surface area contributed by atoms with Gasteiger partial charge in [-0.1, -0.05) is 24.3 Å². The van der Waals surface area contributed by atoms with Crippen molar-refractivity contribution in [1.82, 2.24) is 21.0 Å². The van der Waals surface area contributed by atoms with E-state index in [0.717, 1.165) is 56.8 Å². The van der Waals surface area contributed by atoms with Crippen molar-refractivity contribution < 1.29 is 13.3 Å². The van der Waals surface area contributed by atoms with E-state index in [0.29, 0.717) is 0 Å². The molecular weight excluding hydrogens is 390 g/mol. The van der Waals surface area contributed by atoms with E-state index in [1.54, 1.807) is 0 Å². The summed E-state index contributed by atoms with van der Waals surface area (Å²) < 4.78 is 15.9. The SMILES string of the molecule is CC(CC(=O)NC(Cc1ccc(C2=NCCN2)cc1)N1CCCC1)NOS(C)=O. The van der Waals surface area contributed by atoms with Crippen molar-refractivity contribution in [3.63, 3.8) is 0 Å². The van der Waals surface area contributed by atoms with Crippen molar-refractivity contribution >= 4 is 22.8 Å². The largest absolute Gasteiger partial charge is 0.368 e. The van der Waals surface area contributed by atoms with Crippen LogP contribution in [0.3, 0.4) is 0 Å². The van der Waals surface area contributed by atoms with Gasteiger partial charge < -0.3 is 10.6 Å². The smallest absolute Gasteiger partial charge is 0.222 e. The van der Waals surface area contributed by atoms with Gasteiger partial charge >= 0.3 is 0 Å². The highest BCUT2D eigenvalue weighted by atomic mass is 32.2. The van der Waals surface area contributed by atoms with E-state index >= 15 is 0 Å². The zero-order chi connectivity index (χ0) is 20.6. The van der Waals surface area contributed by atoms with Crippen molar-refractivity contribution in [3.05, 3.63) is 35.4 Å². The Labute approximate surface area is 175 Å². The maximum Gasteiger partial charge on any atom is 0.222 e. The molecule has 0 aliphatic carbocycles. The van der Waals surface area contributed by atoms with Gasteiger partial charge in [-0.25, -0.2) is 8.49 Å². The number of likely N-dealkylation sites (tertiary alicyclic amines) is 1. The molecule has 1 aromatic carbocycles. The molecule has 0 aromatic heterocycles. The third-order valence-electron chi connectivity index (χ3n) is 5.10. The molecule has 3 atom stereocenters. The summed E-state index contributed by atoms with van der Waals surface area (Å²) in [6, 6.07) is 8.17. The summed E-state index contributed by atoms with van der Waals surface area (Å²) in [5.74, 6) is 0.908. The highest BCUT2D eigenvalue weighted by molar-refractivity contribution is 7.79. The molecule has 0 saturated carbocycles. The van der Waals surface area contributed by atoms with Gasteiger partial charge in [0, 0.05) is 50.3 Å². The van der Waals surface area contributed by atoms with Crippen LogP contribution in [0.15, 0.2) is 29.3 Å². The van der Waals surface area contributed by atoms with Gasteiger partial charge in [0.15, 0.2) is 11.1 Å². The second-order valence-electron chi connectivity index (χ2n) is 7.59. The lowest BCUT2D eigenvalue weighted by atomic mass is 10.1. The molecule has 1 saturated heterocycles. The van der Waals surface area contributed by atoms with E-state index in [2.05, 4.69) is 50.3 Å². The van der Waals surface area contributed by atoms with E-state index in [1.807, 2.05) is 6.92 Å². The summed E-state index contributed by atoms with van der Waals surface area (Å²) in [6.45, 7) is 5.54. The molecule has 3 unspecified atom stereocenters. The third-order valence-corrected chi connectivity index (χ3v) is 5.43. The van der Waals surface area contributed by atoms with Crippen molar-refractivity contribution in [1.29, 1.82) is 0 Å². The van der Waals surface area contributed by atoms with Gasteiger partial charge in [0.2, 0.25) is 5.91 Å². The second kappa shape index (κ2) is 10.8. The molecule has 8 nitrogen and oxygen atoms in total. The fraction of sp³-hybridized carbons (Fsp3) is 0.600. The zero-order valence-electron chi connectivity index (χ0n) is 17.1. The first kappa shape index (κ1) is 21.9. The monoisotopic (exact) mass is 421 g/mol. The number of amides is 1. The van der Waals surface area contributed by atoms with Gasteiger partial charge in [-0.05, 0) is 25.3 Å². The number of amidine groups is 1. The summed E-state index contributed by atoms with van der Waals surface area (Å²) in [7, 11) is 0. The lowest BCUT2D eigenvalue weighted by molar-refractivity contribution is -0.123. The van der Waals surface area contributed by atoms with Gasteiger partial charge in [0.1, 0.15) is 5.84 Å². The van der Waals surface area contributed by atoms with E-state index in [1.165, 1.54) is 11.8 Å². The number of carbonyl (C=O) groups is 1. The number of hydrogen-bond acceptors (Lipinski definition) is 7. The predicted octanol–water partition coefficient (Wildman–Crippen LogP) is 0.710. The average Bonchev–Trinajstić information content (AvgIpc) is 3.40. The summed E-state index contributed by atoms with van der Waals surface area (Å²) in [4.78, 5) is 19.3. The summed E-state index contributed by atoms with van der Waals surface area (Å²) in [5.41, 5.74) is 4.93. The van der Waals surface area contributed by atoms with Crippen LogP contribution in [-0.4, -0.2) is 65.5 Å². The molecule has 2 heterocycles. The standard InChI is InChI=1S/C20H31N5O3S/c1-15(24-28-29(2)27)13-19(26)23-18(25-11-3-4-12-25)14-16-5-7-17(8-6-16)20-21-9-10-22-20/h5-8,15,18,24H,3-4,9-14H2,1-2H3,(H,21,22)(H,23,26). The van der Waals surface area contributed by atoms with Crippen LogP contribution in [0.25, 0.3) is 0 Å². The fourth-order valence-corrected chi connectivity index (χ4v) is 3.95. The normalized spacial score (nSPS) is 20.0. The van der Waals surface area contributed by atoms with E-state index in [9.17, 15) is 9.00 Å². The molecule has 0 radical (unpaired) electrons. The second-order valence-corrected chi connectivity index (χ2v) is 8.56. The molecule has 29 heavy (non-hydrogen) atoms. The topological polar surface area (TPSA) is 95.1 Å². The number of hydrogen-bond donors (Lipinski definition) is 3. The van der Waals surface area contributed by atoms with Crippen molar-refractivity contribution in [2.24, 2.45) is 4.99 Å². The minimum Gasteiger partial charge on any atom is -0.368 e. The molecule has 3 rings (SSSR count). The van der Waals surface area contributed by atoms with Crippen molar-refractivity contribution in [2.75, 3.05) is 32.4 Å². The minimum absolute atomic E-state index is 0.0359. The molecule has 1 amide bonds. The predicted molar refractivity (Wildman–Crippen MR) is 115 cm³/mol. The van der Waals surface area contributed by atoms with Gasteiger partial charge in [0.05, 0.1) is 12.7 Å². The van der Waals surface area contributed by atoms with Crippen molar-refractivity contribution in [3.8, 4) is 0 Å². The number of benzene rings is 1.